The van der Waals surface area contributed by atoms with Crippen LogP contribution in [0.2, 0.25) is 0 Å². The molecule has 1 N–H and O–H groups in total. The molecule has 0 bridgehead atoms. The summed E-state index contributed by atoms with van der Waals surface area (Å²) in [5.41, 5.74) is 3.36. The number of hydrogen-bond donors (Lipinski definition) is 1. The predicted molar refractivity (Wildman–Crippen MR) is 69.3 cm³/mol. The van der Waals surface area contributed by atoms with Gasteiger partial charge in [0.1, 0.15) is 5.75 Å². The van der Waals surface area contributed by atoms with E-state index < -0.39 is 0 Å². The third-order valence-electron chi connectivity index (χ3n) is 3.47. The van der Waals surface area contributed by atoms with Gasteiger partial charge in [-0.25, -0.2) is 0 Å². The second-order valence-electron chi connectivity index (χ2n) is 4.95. The normalized spacial score (nSPS) is 15.0. The van der Waals surface area contributed by atoms with E-state index in [1.165, 1.54) is 19.3 Å². The van der Waals surface area contributed by atoms with Crippen molar-refractivity contribution in [3.05, 3.63) is 23.0 Å². The maximum Gasteiger partial charge on any atom is 0.128 e. The molecule has 1 aromatic heterocycles. The van der Waals surface area contributed by atoms with Crippen molar-refractivity contribution < 1.29 is 4.74 Å². The highest BCUT2D eigenvalue weighted by atomic mass is 16.5. The summed E-state index contributed by atoms with van der Waals surface area (Å²) in [6.45, 7) is 6.05. The summed E-state index contributed by atoms with van der Waals surface area (Å²) in [4.78, 5) is 4.48. The van der Waals surface area contributed by atoms with Gasteiger partial charge >= 0.3 is 0 Å². The van der Waals surface area contributed by atoms with E-state index in [-0.39, 0.29) is 0 Å². The minimum absolute atomic E-state index is 0.842. The number of nitrogens with one attached hydrogen (secondary N) is 1. The van der Waals surface area contributed by atoms with Crippen molar-refractivity contribution in [2.45, 2.75) is 39.7 Å². The van der Waals surface area contributed by atoms with Crippen molar-refractivity contribution in [2.24, 2.45) is 5.92 Å². The lowest BCUT2D eigenvalue weighted by atomic mass is 10.1. The molecule has 17 heavy (non-hydrogen) atoms. The zero-order valence-corrected chi connectivity index (χ0v) is 11.0. The first-order chi connectivity index (χ1) is 8.22. The first kappa shape index (κ1) is 12.4. The average molecular weight is 234 g/mol. The fourth-order valence-electron chi connectivity index (χ4n) is 2.17. The summed E-state index contributed by atoms with van der Waals surface area (Å²) in [5.74, 6) is 1.96. The van der Waals surface area contributed by atoms with Crippen molar-refractivity contribution >= 4 is 0 Å². The van der Waals surface area contributed by atoms with Gasteiger partial charge in [0.15, 0.2) is 0 Å². The Bertz CT molecular complexity index is 386. The summed E-state index contributed by atoms with van der Waals surface area (Å²) in [6.07, 6.45) is 6.06. The van der Waals surface area contributed by atoms with Crippen LogP contribution in [-0.2, 0) is 6.54 Å². The molecule has 94 valence electrons. The maximum atomic E-state index is 5.40. The molecule has 1 aliphatic rings. The summed E-state index contributed by atoms with van der Waals surface area (Å²) in [6, 6.07) is 0. The van der Waals surface area contributed by atoms with Gasteiger partial charge in [0.2, 0.25) is 0 Å². The molecule has 0 amide bonds. The Morgan fingerprint density at radius 1 is 1.41 bits per heavy atom. The number of pyridine rings is 1. The SMILES string of the molecule is COc1c(C)cnc(CNCCC2CC2)c1C. The number of ether oxygens (including phenoxy) is 1. The molecule has 1 saturated carbocycles. The largest absolute Gasteiger partial charge is 0.496 e. The fourth-order valence-corrected chi connectivity index (χ4v) is 2.17. The molecular weight excluding hydrogens is 212 g/mol. The standard InChI is InChI=1S/C14H22N2O/c1-10-8-16-13(11(2)14(10)17-3)9-15-7-6-12-4-5-12/h8,12,15H,4-7,9H2,1-3H3. The first-order valence-electron chi connectivity index (χ1n) is 6.42. The van der Waals surface area contributed by atoms with Crippen LogP contribution >= 0.6 is 0 Å². The van der Waals surface area contributed by atoms with Crippen LogP contribution in [0.4, 0.5) is 0 Å². The predicted octanol–water partition coefficient (Wildman–Crippen LogP) is 2.60. The molecule has 3 heteroatoms. The fraction of sp³-hybridized carbons (Fsp3) is 0.643. The van der Waals surface area contributed by atoms with Crippen molar-refractivity contribution in [3.8, 4) is 5.75 Å². The summed E-state index contributed by atoms with van der Waals surface area (Å²) >= 11 is 0. The van der Waals surface area contributed by atoms with Gasteiger partial charge in [-0.15, -0.1) is 0 Å². The van der Waals surface area contributed by atoms with Gasteiger partial charge in [0.05, 0.1) is 12.8 Å². The van der Waals surface area contributed by atoms with Crippen LogP contribution in [0.25, 0.3) is 0 Å². The van der Waals surface area contributed by atoms with Crippen LogP contribution in [0.15, 0.2) is 6.20 Å². The Morgan fingerprint density at radius 2 is 2.18 bits per heavy atom. The van der Waals surface area contributed by atoms with Crippen molar-refractivity contribution in [1.82, 2.24) is 10.3 Å². The van der Waals surface area contributed by atoms with Gasteiger partial charge in [-0.1, -0.05) is 12.8 Å². The van der Waals surface area contributed by atoms with Crippen LogP contribution in [0, 0.1) is 19.8 Å². The Labute approximate surface area is 104 Å². The first-order valence-corrected chi connectivity index (χ1v) is 6.42. The van der Waals surface area contributed by atoms with Gasteiger partial charge in [0, 0.05) is 23.9 Å². The van der Waals surface area contributed by atoms with E-state index in [1.54, 1.807) is 7.11 Å². The lowest BCUT2D eigenvalue weighted by Gasteiger charge is -2.12. The van der Waals surface area contributed by atoms with E-state index >= 15 is 0 Å². The lowest BCUT2D eigenvalue weighted by Crippen LogP contribution is -2.17. The number of rotatable bonds is 6. The molecular formula is C14H22N2O. The number of nitrogens with zero attached hydrogens (tertiary/aromatic N) is 1. The summed E-state index contributed by atoms with van der Waals surface area (Å²) in [5, 5.41) is 3.47. The zero-order chi connectivity index (χ0) is 12.3. The maximum absolute atomic E-state index is 5.40. The summed E-state index contributed by atoms with van der Waals surface area (Å²) in [7, 11) is 1.72. The highest BCUT2D eigenvalue weighted by Gasteiger charge is 2.20. The van der Waals surface area contributed by atoms with Gasteiger partial charge < -0.3 is 10.1 Å². The van der Waals surface area contributed by atoms with Gasteiger partial charge in [-0.3, -0.25) is 4.98 Å². The van der Waals surface area contributed by atoms with E-state index in [1.807, 2.05) is 13.1 Å². The van der Waals surface area contributed by atoms with Crippen molar-refractivity contribution in [2.75, 3.05) is 13.7 Å². The average Bonchev–Trinajstić information content (AvgIpc) is 3.11. The molecule has 0 radical (unpaired) electrons. The van der Waals surface area contributed by atoms with E-state index in [9.17, 15) is 0 Å². The highest BCUT2D eigenvalue weighted by Crippen LogP contribution is 2.31. The molecule has 1 heterocycles. The number of aromatic nitrogens is 1. The second kappa shape index (κ2) is 5.50. The quantitative estimate of drug-likeness (QED) is 0.768. The molecule has 0 spiro atoms. The number of hydrogen-bond acceptors (Lipinski definition) is 3. The van der Waals surface area contributed by atoms with E-state index in [2.05, 4.69) is 17.2 Å². The summed E-state index contributed by atoms with van der Waals surface area (Å²) < 4.78 is 5.40. The van der Waals surface area contributed by atoms with E-state index in [4.69, 9.17) is 4.74 Å². The Balaban J connectivity index is 1.90. The van der Waals surface area contributed by atoms with Crippen LogP contribution in [-0.4, -0.2) is 18.6 Å². The third kappa shape index (κ3) is 3.19. The Morgan fingerprint density at radius 3 is 2.82 bits per heavy atom. The van der Waals surface area contributed by atoms with Crippen LogP contribution < -0.4 is 10.1 Å². The minimum Gasteiger partial charge on any atom is -0.496 e. The molecule has 0 aromatic carbocycles. The van der Waals surface area contributed by atoms with E-state index in [0.29, 0.717) is 0 Å². The molecule has 2 rings (SSSR count). The molecule has 0 aliphatic heterocycles. The molecule has 1 aromatic rings. The minimum atomic E-state index is 0.842. The molecule has 1 aliphatic carbocycles. The molecule has 0 atom stereocenters. The smallest absolute Gasteiger partial charge is 0.128 e. The molecule has 0 saturated heterocycles. The van der Waals surface area contributed by atoms with Crippen molar-refractivity contribution in [3.63, 3.8) is 0 Å². The van der Waals surface area contributed by atoms with Gasteiger partial charge in [-0.05, 0) is 32.7 Å². The number of methoxy groups -OCH3 is 1. The van der Waals surface area contributed by atoms with Crippen LogP contribution in [0.5, 0.6) is 5.75 Å². The lowest BCUT2D eigenvalue weighted by molar-refractivity contribution is 0.406. The van der Waals surface area contributed by atoms with E-state index in [0.717, 1.165) is 41.6 Å². The second-order valence-corrected chi connectivity index (χ2v) is 4.95. The Hall–Kier alpha value is -1.09. The highest BCUT2D eigenvalue weighted by molar-refractivity contribution is 5.40. The topological polar surface area (TPSA) is 34.1 Å². The van der Waals surface area contributed by atoms with Gasteiger partial charge in [-0.2, -0.15) is 0 Å². The van der Waals surface area contributed by atoms with Crippen LogP contribution in [0.1, 0.15) is 36.1 Å². The van der Waals surface area contributed by atoms with Gasteiger partial charge in [0.25, 0.3) is 0 Å². The number of aryl methyl sites for hydroxylation is 1. The zero-order valence-electron chi connectivity index (χ0n) is 11.0. The van der Waals surface area contributed by atoms with Crippen LogP contribution in [0.3, 0.4) is 0 Å². The third-order valence-corrected chi connectivity index (χ3v) is 3.47. The molecule has 1 fully saturated rings. The molecule has 3 nitrogen and oxygen atoms in total. The molecule has 0 unspecified atom stereocenters. The Kier molecular flexibility index (Phi) is 4.00. The monoisotopic (exact) mass is 234 g/mol. The van der Waals surface area contributed by atoms with Crippen molar-refractivity contribution in [1.29, 1.82) is 0 Å².